The molecule has 1 aromatic carbocycles. The number of hydrazine groups is 1. The van der Waals surface area contributed by atoms with Crippen LogP contribution in [0.3, 0.4) is 0 Å². The molecule has 1 aliphatic carbocycles. The fourth-order valence-electron chi connectivity index (χ4n) is 2.44. The highest BCUT2D eigenvalue weighted by Gasteiger charge is 2.19. The van der Waals surface area contributed by atoms with Crippen molar-refractivity contribution < 1.29 is 0 Å². The molecule has 0 radical (unpaired) electrons. The summed E-state index contributed by atoms with van der Waals surface area (Å²) in [5, 5.41) is 1.16. The van der Waals surface area contributed by atoms with Crippen LogP contribution in [0, 0.1) is 0 Å². The van der Waals surface area contributed by atoms with Gasteiger partial charge in [0.1, 0.15) is 0 Å². The van der Waals surface area contributed by atoms with Crippen molar-refractivity contribution in [3.05, 3.63) is 45.5 Å². The van der Waals surface area contributed by atoms with Crippen molar-refractivity contribution in [2.75, 3.05) is 0 Å². The summed E-state index contributed by atoms with van der Waals surface area (Å²) in [7, 11) is 0. The first-order valence-corrected chi connectivity index (χ1v) is 7.08. The zero-order valence-electron chi connectivity index (χ0n) is 10.3. The van der Waals surface area contributed by atoms with E-state index in [2.05, 4.69) is 11.5 Å². The number of hydrogen-bond donors (Lipinski definition) is 2. The standard InChI is InChI=1S/C14H18Cl2N2/c15-12-9-5-8-11(13(12)16)14(18-17)10-6-3-1-2-4-7-10/h5-6,8-9,14,18H,1-4,7,17H2. The van der Waals surface area contributed by atoms with Crippen LogP contribution < -0.4 is 11.3 Å². The van der Waals surface area contributed by atoms with Crippen molar-refractivity contribution >= 4 is 23.2 Å². The monoisotopic (exact) mass is 284 g/mol. The van der Waals surface area contributed by atoms with Crippen LogP contribution in [0.4, 0.5) is 0 Å². The summed E-state index contributed by atoms with van der Waals surface area (Å²) < 4.78 is 0. The number of nitrogens with one attached hydrogen (secondary N) is 1. The number of allylic oxidation sites excluding steroid dienone is 1. The number of nitrogens with two attached hydrogens (primary N) is 1. The van der Waals surface area contributed by atoms with Crippen LogP contribution in [-0.2, 0) is 0 Å². The van der Waals surface area contributed by atoms with Crippen molar-refractivity contribution in [1.29, 1.82) is 0 Å². The van der Waals surface area contributed by atoms with Crippen LogP contribution in [0.25, 0.3) is 0 Å². The van der Waals surface area contributed by atoms with Gasteiger partial charge in [0.15, 0.2) is 0 Å². The summed E-state index contributed by atoms with van der Waals surface area (Å²) in [5.41, 5.74) is 5.15. The lowest BCUT2D eigenvalue weighted by Gasteiger charge is -2.21. The van der Waals surface area contributed by atoms with Gasteiger partial charge in [-0.3, -0.25) is 5.84 Å². The normalized spacial score (nSPS) is 18.1. The first-order chi connectivity index (χ1) is 8.74. The number of benzene rings is 1. The summed E-state index contributed by atoms with van der Waals surface area (Å²) >= 11 is 12.3. The Hall–Kier alpha value is -0.540. The van der Waals surface area contributed by atoms with Gasteiger partial charge in [-0.15, -0.1) is 0 Å². The number of hydrogen-bond acceptors (Lipinski definition) is 2. The molecule has 0 aromatic heterocycles. The molecule has 1 aliphatic rings. The van der Waals surface area contributed by atoms with E-state index < -0.39 is 0 Å². The van der Waals surface area contributed by atoms with Crippen LogP contribution in [0.5, 0.6) is 0 Å². The Morgan fingerprint density at radius 1 is 1.17 bits per heavy atom. The maximum atomic E-state index is 6.27. The van der Waals surface area contributed by atoms with Crippen molar-refractivity contribution in [2.45, 2.75) is 38.1 Å². The van der Waals surface area contributed by atoms with Gasteiger partial charge >= 0.3 is 0 Å². The topological polar surface area (TPSA) is 38.0 Å². The minimum Gasteiger partial charge on any atom is -0.271 e. The lowest BCUT2D eigenvalue weighted by Crippen LogP contribution is -2.29. The fourth-order valence-corrected chi connectivity index (χ4v) is 2.86. The van der Waals surface area contributed by atoms with E-state index in [1.807, 2.05) is 12.1 Å². The fraction of sp³-hybridized carbons (Fsp3) is 0.429. The van der Waals surface area contributed by atoms with E-state index in [1.165, 1.54) is 24.8 Å². The molecule has 0 bridgehead atoms. The molecule has 0 fully saturated rings. The van der Waals surface area contributed by atoms with Gasteiger partial charge in [0.05, 0.1) is 16.1 Å². The molecule has 18 heavy (non-hydrogen) atoms. The summed E-state index contributed by atoms with van der Waals surface area (Å²) in [6, 6.07) is 5.65. The van der Waals surface area contributed by atoms with Gasteiger partial charge in [-0.1, -0.05) is 53.4 Å². The third kappa shape index (κ3) is 3.07. The second-order valence-electron chi connectivity index (χ2n) is 4.62. The van der Waals surface area contributed by atoms with Gasteiger partial charge in [-0.2, -0.15) is 0 Å². The quantitative estimate of drug-likeness (QED) is 0.491. The highest BCUT2D eigenvalue weighted by Crippen LogP contribution is 2.35. The molecule has 0 spiro atoms. The Bertz CT molecular complexity index is 443. The average molecular weight is 285 g/mol. The molecule has 0 aliphatic heterocycles. The Morgan fingerprint density at radius 3 is 2.78 bits per heavy atom. The molecule has 98 valence electrons. The highest BCUT2D eigenvalue weighted by molar-refractivity contribution is 6.42. The molecule has 0 amide bonds. The third-order valence-corrected chi connectivity index (χ3v) is 4.24. The maximum absolute atomic E-state index is 6.27. The predicted octanol–water partition coefficient (Wildman–Crippen LogP) is 4.39. The Labute approximate surface area is 118 Å². The van der Waals surface area contributed by atoms with E-state index in [0.717, 1.165) is 18.4 Å². The van der Waals surface area contributed by atoms with Crippen LogP contribution in [0.15, 0.2) is 29.8 Å². The van der Waals surface area contributed by atoms with Gasteiger partial charge in [0, 0.05) is 0 Å². The number of halogens is 2. The van der Waals surface area contributed by atoms with Crippen LogP contribution in [-0.4, -0.2) is 0 Å². The number of rotatable bonds is 3. The molecule has 1 unspecified atom stereocenters. The Balaban J connectivity index is 2.32. The van der Waals surface area contributed by atoms with E-state index in [9.17, 15) is 0 Å². The average Bonchev–Trinajstić information content (AvgIpc) is 2.64. The van der Waals surface area contributed by atoms with Gasteiger partial charge in [-0.05, 0) is 37.3 Å². The molecule has 0 heterocycles. The van der Waals surface area contributed by atoms with Crippen LogP contribution in [0.1, 0.15) is 43.7 Å². The van der Waals surface area contributed by atoms with Gasteiger partial charge in [-0.25, -0.2) is 5.43 Å². The molecule has 2 nitrogen and oxygen atoms in total. The van der Waals surface area contributed by atoms with Crippen LogP contribution in [0.2, 0.25) is 10.0 Å². The Morgan fingerprint density at radius 2 is 2.00 bits per heavy atom. The largest absolute Gasteiger partial charge is 0.271 e. The minimum atomic E-state index is -0.0331. The van der Waals surface area contributed by atoms with Gasteiger partial charge < -0.3 is 0 Å². The van der Waals surface area contributed by atoms with E-state index in [1.54, 1.807) is 6.07 Å². The molecule has 4 heteroatoms. The lowest BCUT2D eigenvalue weighted by atomic mass is 9.95. The third-order valence-electron chi connectivity index (χ3n) is 3.41. The lowest BCUT2D eigenvalue weighted by molar-refractivity contribution is 0.593. The Kier molecular flexibility index (Phi) is 5.07. The second kappa shape index (κ2) is 6.58. The zero-order chi connectivity index (χ0) is 13.0. The van der Waals surface area contributed by atoms with E-state index in [4.69, 9.17) is 29.0 Å². The minimum absolute atomic E-state index is 0.0331. The van der Waals surface area contributed by atoms with E-state index in [-0.39, 0.29) is 6.04 Å². The predicted molar refractivity (Wildman–Crippen MR) is 77.7 cm³/mol. The molecule has 0 saturated carbocycles. The van der Waals surface area contributed by atoms with Gasteiger partial charge in [0.25, 0.3) is 0 Å². The molecule has 0 saturated heterocycles. The maximum Gasteiger partial charge on any atom is 0.0685 e. The molecular formula is C14H18Cl2N2. The molecule has 2 rings (SSSR count). The van der Waals surface area contributed by atoms with Crippen molar-refractivity contribution in [1.82, 2.24) is 5.43 Å². The summed E-state index contributed by atoms with van der Waals surface area (Å²) in [4.78, 5) is 0. The molecule has 1 aromatic rings. The van der Waals surface area contributed by atoms with Crippen molar-refractivity contribution in [2.24, 2.45) is 5.84 Å². The SMILES string of the molecule is NNC(C1=CCCCCC1)c1cccc(Cl)c1Cl. The molecular weight excluding hydrogens is 267 g/mol. The smallest absolute Gasteiger partial charge is 0.0685 e. The van der Waals surface area contributed by atoms with Crippen molar-refractivity contribution in [3.8, 4) is 0 Å². The zero-order valence-corrected chi connectivity index (χ0v) is 11.8. The summed E-state index contributed by atoms with van der Waals surface area (Å²) in [5.74, 6) is 5.71. The van der Waals surface area contributed by atoms with Gasteiger partial charge in [0.2, 0.25) is 0 Å². The summed E-state index contributed by atoms with van der Waals surface area (Å²) in [6.07, 6.45) is 8.21. The summed E-state index contributed by atoms with van der Waals surface area (Å²) in [6.45, 7) is 0. The second-order valence-corrected chi connectivity index (χ2v) is 5.41. The van der Waals surface area contributed by atoms with E-state index in [0.29, 0.717) is 10.0 Å². The first kappa shape index (κ1) is 13.9. The highest BCUT2D eigenvalue weighted by atomic mass is 35.5. The van der Waals surface area contributed by atoms with E-state index >= 15 is 0 Å². The first-order valence-electron chi connectivity index (χ1n) is 6.33. The van der Waals surface area contributed by atoms with Crippen molar-refractivity contribution in [3.63, 3.8) is 0 Å². The van der Waals surface area contributed by atoms with Crippen LogP contribution >= 0.6 is 23.2 Å². The molecule has 3 N–H and O–H groups in total. The molecule has 1 atom stereocenters.